The molecule has 4 nitrogen and oxygen atoms in total. The third-order valence-corrected chi connectivity index (χ3v) is 3.61. The zero-order chi connectivity index (χ0) is 14.5. The van der Waals surface area contributed by atoms with Gasteiger partial charge in [0, 0.05) is 11.6 Å². The van der Waals surface area contributed by atoms with E-state index in [0.29, 0.717) is 10.8 Å². The summed E-state index contributed by atoms with van der Waals surface area (Å²) in [4.78, 5) is 12.1. The fourth-order valence-electron chi connectivity index (χ4n) is 2.23. The second kappa shape index (κ2) is 6.95. The van der Waals surface area contributed by atoms with E-state index in [1.165, 1.54) is 0 Å². The Morgan fingerprint density at radius 3 is 2.95 bits per heavy atom. The average molecular weight is 298 g/mol. The minimum atomic E-state index is -0.572. The van der Waals surface area contributed by atoms with Gasteiger partial charge >= 0.3 is 0 Å². The van der Waals surface area contributed by atoms with Gasteiger partial charge in [0.1, 0.15) is 5.75 Å². The Hall–Kier alpha value is -1.26. The quantitative estimate of drug-likeness (QED) is 0.909. The SMILES string of the molecule is C[C@@H](Oc1cccc(Cl)c1)C(=O)N[C@H](C)[C@@H]1CCCO1. The molecule has 20 heavy (non-hydrogen) atoms. The standard InChI is InChI=1S/C15H20ClNO3/c1-10(14-7-4-8-19-14)17-15(18)11(2)20-13-6-3-5-12(16)9-13/h3,5-6,9-11,14H,4,7-8H2,1-2H3,(H,17,18)/t10-,11-,14+/m1/s1. The highest BCUT2D eigenvalue weighted by atomic mass is 35.5. The van der Waals surface area contributed by atoms with Crippen LogP contribution >= 0.6 is 11.6 Å². The first-order chi connectivity index (χ1) is 9.56. The summed E-state index contributed by atoms with van der Waals surface area (Å²) in [7, 11) is 0. The fourth-order valence-corrected chi connectivity index (χ4v) is 2.41. The Kier molecular flexibility index (Phi) is 5.26. The van der Waals surface area contributed by atoms with E-state index >= 15 is 0 Å². The summed E-state index contributed by atoms with van der Waals surface area (Å²) in [6, 6.07) is 7.01. The molecule has 1 heterocycles. The Labute approximate surface area is 124 Å². The molecule has 0 spiro atoms. The topological polar surface area (TPSA) is 47.6 Å². The second-order valence-electron chi connectivity index (χ2n) is 5.07. The van der Waals surface area contributed by atoms with Crippen LogP contribution < -0.4 is 10.1 Å². The summed E-state index contributed by atoms with van der Waals surface area (Å²) < 4.78 is 11.1. The summed E-state index contributed by atoms with van der Waals surface area (Å²) in [6.45, 7) is 4.46. The van der Waals surface area contributed by atoms with Crippen molar-refractivity contribution in [3.05, 3.63) is 29.3 Å². The zero-order valence-electron chi connectivity index (χ0n) is 11.8. The van der Waals surface area contributed by atoms with Gasteiger partial charge in [0.05, 0.1) is 12.1 Å². The van der Waals surface area contributed by atoms with Crippen molar-refractivity contribution in [2.24, 2.45) is 0 Å². The first-order valence-corrected chi connectivity index (χ1v) is 7.28. The fraction of sp³-hybridized carbons (Fsp3) is 0.533. The summed E-state index contributed by atoms with van der Waals surface area (Å²) in [5, 5.41) is 3.52. The van der Waals surface area contributed by atoms with E-state index in [0.717, 1.165) is 19.4 Å². The molecule has 1 fully saturated rings. The van der Waals surface area contributed by atoms with Crippen molar-refractivity contribution in [2.75, 3.05) is 6.61 Å². The van der Waals surface area contributed by atoms with Crippen molar-refractivity contribution in [1.29, 1.82) is 0 Å². The molecule has 1 N–H and O–H groups in total. The molecule has 0 bridgehead atoms. The van der Waals surface area contributed by atoms with Gasteiger partial charge in [-0.1, -0.05) is 17.7 Å². The molecule has 3 atom stereocenters. The van der Waals surface area contributed by atoms with Crippen LogP contribution in [0.2, 0.25) is 5.02 Å². The molecule has 1 aromatic carbocycles. The van der Waals surface area contributed by atoms with E-state index in [1.54, 1.807) is 31.2 Å². The van der Waals surface area contributed by atoms with Gasteiger partial charge in [0.2, 0.25) is 0 Å². The molecule has 5 heteroatoms. The minimum Gasteiger partial charge on any atom is -0.481 e. The van der Waals surface area contributed by atoms with Crippen LogP contribution in [0.25, 0.3) is 0 Å². The predicted octanol–water partition coefficient (Wildman–Crippen LogP) is 2.79. The van der Waals surface area contributed by atoms with Gasteiger partial charge in [-0.15, -0.1) is 0 Å². The van der Waals surface area contributed by atoms with Crippen LogP contribution in [0, 0.1) is 0 Å². The Morgan fingerprint density at radius 2 is 2.30 bits per heavy atom. The number of benzene rings is 1. The summed E-state index contributed by atoms with van der Waals surface area (Å²) in [6.07, 6.45) is 1.58. The normalized spacial score (nSPS) is 21.2. The van der Waals surface area contributed by atoms with Gasteiger partial charge in [-0.25, -0.2) is 0 Å². The number of carbonyl (C=O) groups is 1. The summed E-state index contributed by atoms with van der Waals surface area (Å²) in [5.74, 6) is 0.442. The molecule has 1 aromatic rings. The van der Waals surface area contributed by atoms with Crippen molar-refractivity contribution >= 4 is 17.5 Å². The average Bonchev–Trinajstić information content (AvgIpc) is 2.92. The summed E-state index contributed by atoms with van der Waals surface area (Å²) in [5.41, 5.74) is 0. The van der Waals surface area contributed by atoms with E-state index < -0.39 is 6.10 Å². The van der Waals surface area contributed by atoms with E-state index in [-0.39, 0.29) is 18.1 Å². The highest BCUT2D eigenvalue weighted by Gasteiger charge is 2.25. The molecule has 1 aliphatic heterocycles. The third kappa shape index (κ3) is 4.12. The van der Waals surface area contributed by atoms with E-state index in [4.69, 9.17) is 21.1 Å². The van der Waals surface area contributed by atoms with Crippen molar-refractivity contribution in [1.82, 2.24) is 5.32 Å². The number of hydrogen-bond acceptors (Lipinski definition) is 3. The molecule has 0 radical (unpaired) electrons. The van der Waals surface area contributed by atoms with Crippen LogP contribution in [0.1, 0.15) is 26.7 Å². The van der Waals surface area contributed by atoms with Gasteiger partial charge in [0.15, 0.2) is 6.10 Å². The van der Waals surface area contributed by atoms with Gasteiger partial charge in [-0.3, -0.25) is 4.79 Å². The largest absolute Gasteiger partial charge is 0.481 e. The first kappa shape index (κ1) is 15.1. The number of rotatable bonds is 5. The molecule has 1 saturated heterocycles. The molecular weight excluding hydrogens is 278 g/mol. The summed E-state index contributed by atoms with van der Waals surface area (Å²) >= 11 is 5.88. The molecule has 1 amide bonds. The van der Waals surface area contributed by atoms with E-state index in [1.807, 2.05) is 6.92 Å². The lowest BCUT2D eigenvalue weighted by atomic mass is 10.1. The highest BCUT2D eigenvalue weighted by molar-refractivity contribution is 6.30. The van der Waals surface area contributed by atoms with Crippen LogP contribution in [-0.4, -0.2) is 30.8 Å². The monoisotopic (exact) mass is 297 g/mol. The van der Waals surface area contributed by atoms with Crippen LogP contribution in [0.15, 0.2) is 24.3 Å². The Morgan fingerprint density at radius 1 is 1.50 bits per heavy atom. The van der Waals surface area contributed by atoms with Crippen LogP contribution in [0.5, 0.6) is 5.75 Å². The molecule has 2 rings (SSSR count). The molecule has 110 valence electrons. The highest BCUT2D eigenvalue weighted by Crippen LogP contribution is 2.19. The van der Waals surface area contributed by atoms with Crippen LogP contribution in [0.3, 0.4) is 0 Å². The maximum absolute atomic E-state index is 12.1. The molecule has 1 aliphatic rings. The van der Waals surface area contributed by atoms with Crippen LogP contribution in [-0.2, 0) is 9.53 Å². The van der Waals surface area contributed by atoms with Crippen molar-refractivity contribution in [3.8, 4) is 5.75 Å². The maximum Gasteiger partial charge on any atom is 0.261 e. The minimum absolute atomic E-state index is 0.00425. The maximum atomic E-state index is 12.1. The zero-order valence-corrected chi connectivity index (χ0v) is 12.5. The van der Waals surface area contributed by atoms with Gasteiger partial charge in [0.25, 0.3) is 5.91 Å². The second-order valence-corrected chi connectivity index (χ2v) is 5.50. The lowest BCUT2D eigenvalue weighted by Gasteiger charge is -2.22. The molecule has 0 unspecified atom stereocenters. The molecule has 0 aromatic heterocycles. The number of carbonyl (C=O) groups excluding carboxylic acids is 1. The number of ether oxygens (including phenoxy) is 2. The molecular formula is C15H20ClNO3. The predicted molar refractivity (Wildman–Crippen MR) is 78.1 cm³/mol. The van der Waals surface area contributed by atoms with E-state index in [9.17, 15) is 4.79 Å². The van der Waals surface area contributed by atoms with Gasteiger partial charge in [-0.05, 0) is 44.9 Å². The first-order valence-electron chi connectivity index (χ1n) is 6.90. The van der Waals surface area contributed by atoms with Crippen LogP contribution in [0.4, 0.5) is 0 Å². The van der Waals surface area contributed by atoms with Gasteiger partial charge in [-0.2, -0.15) is 0 Å². The Bertz CT molecular complexity index is 460. The Balaban J connectivity index is 1.85. The van der Waals surface area contributed by atoms with Crippen molar-refractivity contribution in [3.63, 3.8) is 0 Å². The smallest absolute Gasteiger partial charge is 0.261 e. The van der Waals surface area contributed by atoms with Crippen molar-refractivity contribution in [2.45, 2.75) is 44.9 Å². The van der Waals surface area contributed by atoms with Crippen molar-refractivity contribution < 1.29 is 14.3 Å². The lowest BCUT2D eigenvalue weighted by molar-refractivity contribution is -0.128. The number of nitrogens with one attached hydrogen (secondary N) is 1. The molecule has 0 aliphatic carbocycles. The number of hydrogen-bond donors (Lipinski definition) is 1. The van der Waals surface area contributed by atoms with Gasteiger partial charge < -0.3 is 14.8 Å². The molecule has 0 saturated carbocycles. The number of halogens is 1. The van der Waals surface area contributed by atoms with E-state index in [2.05, 4.69) is 5.32 Å². The third-order valence-electron chi connectivity index (χ3n) is 3.37. The number of amides is 1. The lowest BCUT2D eigenvalue weighted by Crippen LogP contribution is -2.46.